The molecule has 0 amide bonds. The molecule has 76 valence electrons. The summed E-state index contributed by atoms with van der Waals surface area (Å²) in [5.41, 5.74) is 2.11. The lowest BCUT2D eigenvalue weighted by molar-refractivity contribution is 0.108. The Kier molecular flexibility index (Phi) is 1.98. The van der Waals surface area contributed by atoms with Crippen LogP contribution >= 0.6 is 7.80 Å². The minimum Gasteiger partial charge on any atom is -0.234 e. The van der Waals surface area contributed by atoms with Crippen molar-refractivity contribution in [3.63, 3.8) is 0 Å². The summed E-state index contributed by atoms with van der Waals surface area (Å²) in [6.07, 6.45) is 0. The zero-order chi connectivity index (χ0) is 11.1. The lowest BCUT2D eigenvalue weighted by Crippen LogP contribution is -2.14. The van der Waals surface area contributed by atoms with Crippen LogP contribution in [0.4, 0.5) is 0 Å². The van der Waals surface area contributed by atoms with Gasteiger partial charge in [-0.3, -0.25) is 0 Å². The van der Waals surface area contributed by atoms with Crippen molar-refractivity contribution in [3.05, 3.63) is 54.1 Å². The van der Waals surface area contributed by atoms with Crippen LogP contribution in [0.5, 0.6) is 0 Å². The third-order valence-corrected chi connectivity index (χ3v) is 4.19. The Balaban J connectivity index is 2.41. The van der Waals surface area contributed by atoms with Crippen LogP contribution in [0.25, 0.3) is 11.1 Å². The number of fused-ring (bicyclic) bond motifs is 3. The molecule has 2 aromatic rings. The first kappa shape index (κ1) is 9.44. The fourth-order valence-corrected chi connectivity index (χ4v) is 3.27. The Hall–Kier alpha value is -1.79. The monoisotopic (exact) mass is 227 g/mol. The number of rotatable bonds is 0. The van der Waals surface area contributed by atoms with E-state index in [-0.39, 0.29) is 5.52 Å². The molecule has 16 heavy (non-hydrogen) atoms. The molecule has 1 heterocycles. The summed E-state index contributed by atoms with van der Waals surface area (Å²) in [6.45, 7) is 0. The standard InChI is InChI=1S/C13H8O2P/c14-13-11-7-2-1-5-9(11)10-6-3-4-8-12(10)16(13)15/h1-8H/q+1. The van der Waals surface area contributed by atoms with Crippen molar-refractivity contribution in [2.24, 2.45) is 0 Å². The number of benzene rings is 2. The van der Waals surface area contributed by atoms with Gasteiger partial charge in [0, 0.05) is 11.1 Å². The first-order valence-electron chi connectivity index (χ1n) is 4.99. The van der Waals surface area contributed by atoms with E-state index in [0.717, 1.165) is 11.1 Å². The largest absolute Gasteiger partial charge is 0.459 e. The second-order valence-electron chi connectivity index (χ2n) is 3.66. The molecule has 0 N–H and O–H groups in total. The van der Waals surface area contributed by atoms with Crippen LogP contribution in [0.15, 0.2) is 48.5 Å². The quantitative estimate of drug-likeness (QED) is 0.648. The molecule has 0 spiro atoms. The molecule has 0 bridgehead atoms. The minimum absolute atomic E-state index is 0.260. The Morgan fingerprint density at radius 2 is 1.31 bits per heavy atom. The maximum Gasteiger partial charge on any atom is 0.459 e. The predicted molar refractivity (Wildman–Crippen MR) is 63.4 cm³/mol. The van der Waals surface area contributed by atoms with Gasteiger partial charge in [-0.25, -0.2) is 4.79 Å². The number of carbonyl (C=O) groups is 1. The Bertz CT molecular complexity index is 561. The van der Waals surface area contributed by atoms with E-state index < -0.39 is 7.80 Å². The molecule has 3 heteroatoms. The van der Waals surface area contributed by atoms with Crippen molar-refractivity contribution in [2.75, 3.05) is 0 Å². The summed E-state index contributed by atoms with van der Waals surface area (Å²) in [5, 5.41) is 0.654. The summed E-state index contributed by atoms with van der Waals surface area (Å²) in [4.78, 5) is 11.9. The van der Waals surface area contributed by atoms with Gasteiger partial charge in [0.15, 0.2) is 0 Å². The van der Waals surface area contributed by atoms with Crippen molar-refractivity contribution in [1.29, 1.82) is 0 Å². The second-order valence-corrected chi connectivity index (χ2v) is 5.14. The van der Waals surface area contributed by atoms with Crippen LogP contribution in [0.2, 0.25) is 0 Å². The summed E-state index contributed by atoms with van der Waals surface area (Å²) in [5.74, 6) is 0. The zero-order valence-corrected chi connectivity index (χ0v) is 9.28. The van der Waals surface area contributed by atoms with Crippen molar-refractivity contribution >= 4 is 18.6 Å². The molecular weight excluding hydrogens is 219 g/mol. The van der Waals surface area contributed by atoms with Gasteiger partial charge < -0.3 is 0 Å². The summed E-state index contributed by atoms with van der Waals surface area (Å²) in [6, 6.07) is 14.7. The van der Waals surface area contributed by atoms with Crippen LogP contribution in [0, 0.1) is 0 Å². The first-order chi connectivity index (χ1) is 7.79. The van der Waals surface area contributed by atoms with Crippen molar-refractivity contribution in [2.45, 2.75) is 0 Å². The van der Waals surface area contributed by atoms with Gasteiger partial charge in [-0.1, -0.05) is 34.9 Å². The lowest BCUT2D eigenvalue weighted by Gasteiger charge is -2.09. The molecule has 1 aliphatic heterocycles. The molecule has 1 aliphatic rings. The average molecular weight is 227 g/mol. The normalized spacial score (nSPS) is 15.5. The van der Waals surface area contributed by atoms with Gasteiger partial charge in [0.05, 0.1) is 5.56 Å². The third-order valence-electron chi connectivity index (χ3n) is 2.75. The Morgan fingerprint density at radius 1 is 0.750 bits per heavy atom. The highest BCUT2D eigenvalue weighted by Crippen LogP contribution is 2.39. The molecule has 3 rings (SSSR count). The first-order valence-corrected chi connectivity index (χ1v) is 6.25. The van der Waals surface area contributed by atoms with Crippen LogP contribution in [-0.2, 0) is 4.57 Å². The van der Waals surface area contributed by atoms with Crippen LogP contribution < -0.4 is 5.30 Å². The van der Waals surface area contributed by atoms with Crippen LogP contribution in [0.1, 0.15) is 10.4 Å². The van der Waals surface area contributed by atoms with E-state index in [9.17, 15) is 9.36 Å². The van der Waals surface area contributed by atoms with Crippen LogP contribution in [-0.4, -0.2) is 5.52 Å². The predicted octanol–water partition coefficient (Wildman–Crippen LogP) is 2.96. The van der Waals surface area contributed by atoms with Gasteiger partial charge in [0.25, 0.3) is 0 Å². The highest BCUT2D eigenvalue weighted by Gasteiger charge is 2.41. The molecule has 2 aromatic carbocycles. The fourth-order valence-electron chi connectivity index (χ4n) is 2.00. The van der Waals surface area contributed by atoms with E-state index in [1.54, 1.807) is 18.2 Å². The maximum atomic E-state index is 12.0. The molecule has 0 aliphatic carbocycles. The number of carbonyl (C=O) groups excluding carboxylic acids is 1. The minimum atomic E-state index is -1.94. The third kappa shape index (κ3) is 1.17. The van der Waals surface area contributed by atoms with Crippen molar-refractivity contribution in [3.8, 4) is 11.1 Å². The topological polar surface area (TPSA) is 34.1 Å². The molecule has 2 nitrogen and oxygen atoms in total. The number of hydrogen-bond acceptors (Lipinski definition) is 2. The van der Waals surface area contributed by atoms with Gasteiger partial charge >= 0.3 is 13.3 Å². The van der Waals surface area contributed by atoms with Crippen LogP contribution in [0.3, 0.4) is 0 Å². The zero-order valence-electron chi connectivity index (χ0n) is 8.38. The Morgan fingerprint density at radius 3 is 2.06 bits per heavy atom. The molecule has 1 atom stereocenters. The highest BCUT2D eigenvalue weighted by molar-refractivity contribution is 7.72. The highest BCUT2D eigenvalue weighted by atomic mass is 31.1. The molecule has 1 unspecified atom stereocenters. The second kappa shape index (κ2) is 3.36. The van der Waals surface area contributed by atoms with E-state index >= 15 is 0 Å². The van der Waals surface area contributed by atoms with Gasteiger partial charge in [-0.2, -0.15) is 0 Å². The molecular formula is C13H8O2P+. The van der Waals surface area contributed by atoms with Gasteiger partial charge in [0.1, 0.15) is 0 Å². The summed E-state index contributed by atoms with van der Waals surface area (Å²) in [7, 11) is -1.94. The van der Waals surface area contributed by atoms with E-state index in [1.165, 1.54) is 0 Å². The summed E-state index contributed by atoms with van der Waals surface area (Å²) >= 11 is 0. The van der Waals surface area contributed by atoms with Crippen molar-refractivity contribution in [1.82, 2.24) is 0 Å². The van der Waals surface area contributed by atoms with E-state index in [0.29, 0.717) is 10.9 Å². The van der Waals surface area contributed by atoms with Gasteiger partial charge in [0.2, 0.25) is 5.30 Å². The molecule has 0 fully saturated rings. The van der Waals surface area contributed by atoms with Gasteiger partial charge in [-0.05, 0) is 18.2 Å². The van der Waals surface area contributed by atoms with Crippen molar-refractivity contribution < 1.29 is 9.36 Å². The van der Waals surface area contributed by atoms with E-state index in [4.69, 9.17) is 0 Å². The average Bonchev–Trinajstić information content (AvgIpc) is 2.36. The molecule has 0 saturated carbocycles. The lowest BCUT2D eigenvalue weighted by atomic mass is 10.00. The maximum absolute atomic E-state index is 12.0. The smallest absolute Gasteiger partial charge is 0.234 e. The fraction of sp³-hybridized carbons (Fsp3) is 0. The molecule has 0 aromatic heterocycles. The van der Waals surface area contributed by atoms with Gasteiger partial charge in [-0.15, -0.1) is 0 Å². The molecule has 0 radical (unpaired) electrons. The summed E-state index contributed by atoms with van der Waals surface area (Å²) < 4.78 is 12.0. The molecule has 0 saturated heterocycles. The SMILES string of the molecule is O=C1c2ccccc2-c2ccccc2[P+]1=O. The van der Waals surface area contributed by atoms with E-state index in [1.807, 2.05) is 30.3 Å². The van der Waals surface area contributed by atoms with E-state index in [2.05, 4.69) is 0 Å². The number of hydrogen-bond donors (Lipinski definition) is 0. The Labute approximate surface area is 93.7 Å².